The SMILES string of the molecule is CC(C)(C)c1ccc(S(=O)(=O)N2CC(c3nc(-c4cnccn4)no3)C2)cc1. The molecule has 1 fully saturated rings. The van der Waals surface area contributed by atoms with Crippen LogP contribution in [0.25, 0.3) is 11.5 Å². The minimum absolute atomic E-state index is 0.0249. The molecule has 3 aromatic rings. The summed E-state index contributed by atoms with van der Waals surface area (Å²) in [5, 5.41) is 3.91. The van der Waals surface area contributed by atoms with Crippen LogP contribution in [0.3, 0.4) is 0 Å². The molecule has 0 unspecified atom stereocenters. The summed E-state index contributed by atoms with van der Waals surface area (Å²) in [5.74, 6) is 0.638. The summed E-state index contributed by atoms with van der Waals surface area (Å²) in [4.78, 5) is 12.7. The number of rotatable bonds is 4. The molecule has 1 saturated heterocycles. The molecule has 1 aliphatic heterocycles. The monoisotopic (exact) mass is 399 g/mol. The van der Waals surface area contributed by atoms with Gasteiger partial charge in [-0.25, -0.2) is 13.4 Å². The Balaban J connectivity index is 1.45. The van der Waals surface area contributed by atoms with Crippen LogP contribution in [-0.2, 0) is 15.4 Å². The van der Waals surface area contributed by atoms with Gasteiger partial charge in [0.15, 0.2) is 0 Å². The van der Waals surface area contributed by atoms with Crippen molar-refractivity contribution in [1.82, 2.24) is 24.4 Å². The van der Waals surface area contributed by atoms with E-state index >= 15 is 0 Å². The van der Waals surface area contributed by atoms with Gasteiger partial charge in [-0.1, -0.05) is 38.1 Å². The van der Waals surface area contributed by atoms with Gasteiger partial charge < -0.3 is 4.52 Å². The van der Waals surface area contributed by atoms with Crippen LogP contribution < -0.4 is 0 Å². The van der Waals surface area contributed by atoms with Crippen LogP contribution in [0.2, 0.25) is 0 Å². The van der Waals surface area contributed by atoms with Crippen LogP contribution in [0.1, 0.15) is 38.1 Å². The van der Waals surface area contributed by atoms with Gasteiger partial charge in [0.1, 0.15) is 5.69 Å². The van der Waals surface area contributed by atoms with Crippen molar-refractivity contribution in [3.8, 4) is 11.5 Å². The standard InChI is InChI=1S/C19H21N5O3S/c1-19(2,3)14-4-6-15(7-5-14)28(25,26)24-11-13(12-24)18-22-17(23-27-18)16-10-20-8-9-21-16/h4-10,13H,11-12H2,1-3H3. The second-order valence-corrected chi connectivity index (χ2v) is 9.78. The maximum absolute atomic E-state index is 12.8. The molecule has 28 heavy (non-hydrogen) atoms. The average Bonchev–Trinajstić information content (AvgIpc) is 3.10. The highest BCUT2D eigenvalue weighted by molar-refractivity contribution is 7.89. The fraction of sp³-hybridized carbons (Fsp3) is 0.368. The Hall–Kier alpha value is -2.65. The molecule has 4 rings (SSSR count). The third-order valence-electron chi connectivity index (χ3n) is 4.79. The number of aromatic nitrogens is 4. The first-order valence-electron chi connectivity index (χ1n) is 8.96. The van der Waals surface area contributed by atoms with Crippen molar-refractivity contribution in [2.75, 3.05) is 13.1 Å². The maximum atomic E-state index is 12.8. The van der Waals surface area contributed by atoms with Gasteiger partial charge in [0.2, 0.25) is 21.7 Å². The minimum atomic E-state index is -3.53. The van der Waals surface area contributed by atoms with E-state index < -0.39 is 10.0 Å². The van der Waals surface area contributed by atoms with E-state index in [9.17, 15) is 8.42 Å². The van der Waals surface area contributed by atoms with E-state index in [-0.39, 0.29) is 11.3 Å². The van der Waals surface area contributed by atoms with E-state index in [0.29, 0.717) is 35.4 Å². The third-order valence-corrected chi connectivity index (χ3v) is 6.64. The van der Waals surface area contributed by atoms with E-state index in [1.54, 1.807) is 30.7 Å². The molecule has 3 heterocycles. The summed E-state index contributed by atoms with van der Waals surface area (Å²) < 4.78 is 32.4. The molecule has 0 amide bonds. The Morgan fingerprint density at radius 2 is 1.82 bits per heavy atom. The van der Waals surface area contributed by atoms with Gasteiger partial charge in [-0.3, -0.25) is 4.98 Å². The molecule has 0 N–H and O–H groups in total. The zero-order chi connectivity index (χ0) is 19.9. The zero-order valence-corrected chi connectivity index (χ0v) is 16.7. The molecule has 146 valence electrons. The largest absolute Gasteiger partial charge is 0.339 e. The highest BCUT2D eigenvalue weighted by Crippen LogP contribution is 2.32. The van der Waals surface area contributed by atoms with Crippen LogP contribution >= 0.6 is 0 Å². The molecule has 1 aromatic carbocycles. The zero-order valence-electron chi connectivity index (χ0n) is 15.9. The highest BCUT2D eigenvalue weighted by Gasteiger charge is 2.40. The molecule has 8 nitrogen and oxygen atoms in total. The summed E-state index contributed by atoms with van der Waals surface area (Å²) in [5.41, 5.74) is 1.58. The molecule has 0 aliphatic carbocycles. The predicted molar refractivity (Wildman–Crippen MR) is 102 cm³/mol. The van der Waals surface area contributed by atoms with E-state index in [0.717, 1.165) is 5.56 Å². The van der Waals surface area contributed by atoms with Gasteiger partial charge >= 0.3 is 0 Å². The van der Waals surface area contributed by atoms with Gasteiger partial charge in [-0.05, 0) is 23.1 Å². The number of nitrogens with zero attached hydrogens (tertiary/aromatic N) is 5. The van der Waals surface area contributed by atoms with Crippen molar-refractivity contribution in [3.63, 3.8) is 0 Å². The predicted octanol–water partition coefficient (Wildman–Crippen LogP) is 2.61. The lowest BCUT2D eigenvalue weighted by Gasteiger charge is -2.35. The molecule has 9 heteroatoms. The molecule has 0 saturated carbocycles. The first-order chi connectivity index (χ1) is 13.2. The van der Waals surface area contributed by atoms with Crippen LogP contribution in [0.5, 0.6) is 0 Å². The number of sulfonamides is 1. The molecule has 0 bridgehead atoms. The Morgan fingerprint density at radius 3 is 2.43 bits per heavy atom. The second kappa shape index (κ2) is 6.75. The minimum Gasteiger partial charge on any atom is -0.339 e. The van der Waals surface area contributed by atoms with Crippen molar-refractivity contribution < 1.29 is 12.9 Å². The summed E-state index contributed by atoms with van der Waals surface area (Å²) in [6.07, 6.45) is 4.66. The van der Waals surface area contributed by atoms with Crippen molar-refractivity contribution in [3.05, 3.63) is 54.3 Å². The lowest BCUT2D eigenvalue weighted by atomic mass is 9.87. The Kier molecular flexibility index (Phi) is 4.51. The molecular formula is C19H21N5O3S. The molecule has 2 aromatic heterocycles. The highest BCUT2D eigenvalue weighted by atomic mass is 32.2. The van der Waals surface area contributed by atoms with Crippen molar-refractivity contribution in [2.24, 2.45) is 0 Å². The fourth-order valence-electron chi connectivity index (χ4n) is 2.99. The van der Waals surface area contributed by atoms with Gasteiger partial charge in [0.25, 0.3) is 0 Å². The van der Waals surface area contributed by atoms with Crippen molar-refractivity contribution >= 4 is 10.0 Å². The molecular weight excluding hydrogens is 378 g/mol. The van der Waals surface area contributed by atoms with Crippen LogP contribution in [0.4, 0.5) is 0 Å². The van der Waals surface area contributed by atoms with Gasteiger partial charge in [-0.2, -0.15) is 9.29 Å². The Labute approximate surface area is 163 Å². The summed E-state index contributed by atoms with van der Waals surface area (Å²) in [7, 11) is -3.53. The van der Waals surface area contributed by atoms with Crippen molar-refractivity contribution in [1.29, 1.82) is 0 Å². The van der Waals surface area contributed by atoms with Gasteiger partial charge in [-0.15, -0.1) is 0 Å². The van der Waals surface area contributed by atoms with Crippen LogP contribution in [0.15, 0.2) is 52.3 Å². The number of benzene rings is 1. The molecule has 1 aliphatic rings. The Bertz CT molecular complexity index is 1070. The first kappa shape index (κ1) is 18.7. The number of hydrogen-bond acceptors (Lipinski definition) is 7. The van der Waals surface area contributed by atoms with Crippen LogP contribution in [-0.4, -0.2) is 45.9 Å². The number of hydrogen-bond donors (Lipinski definition) is 0. The van der Waals surface area contributed by atoms with Gasteiger partial charge in [0.05, 0.1) is 17.0 Å². The van der Waals surface area contributed by atoms with Gasteiger partial charge in [0, 0.05) is 25.5 Å². The van der Waals surface area contributed by atoms with Crippen LogP contribution in [0, 0.1) is 0 Å². The van der Waals surface area contributed by atoms with E-state index in [2.05, 4.69) is 40.9 Å². The van der Waals surface area contributed by atoms with Crippen molar-refractivity contribution in [2.45, 2.75) is 37.0 Å². The quantitative estimate of drug-likeness (QED) is 0.664. The molecule has 0 spiro atoms. The lowest BCUT2D eigenvalue weighted by Crippen LogP contribution is -2.48. The van der Waals surface area contributed by atoms with E-state index in [1.165, 1.54) is 4.31 Å². The summed E-state index contributed by atoms with van der Waals surface area (Å²) >= 11 is 0. The lowest BCUT2D eigenvalue weighted by molar-refractivity contribution is 0.217. The van der Waals surface area contributed by atoms with E-state index in [4.69, 9.17) is 4.52 Å². The average molecular weight is 399 g/mol. The fourth-order valence-corrected chi connectivity index (χ4v) is 4.52. The second-order valence-electron chi connectivity index (χ2n) is 7.84. The maximum Gasteiger partial charge on any atom is 0.243 e. The topological polar surface area (TPSA) is 102 Å². The first-order valence-corrected chi connectivity index (χ1v) is 10.4. The normalized spacial score (nSPS) is 16.1. The summed E-state index contributed by atoms with van der Waals surface area (Å²) in [6.45, 7) is 6.90. The smallest absolute Gasteiger partial charge is 0.243 e. The van der Waals surface area contributed by atoms with E-state index in [1.807, 2.05) is 12.1 Å². The summed E-state index contributed by atoms with van der Waals surface area (Å²) in [6, 6.07) is 7.08. The molecule has 0 atom stereocenters. The third kappa shape index (κ3) is 3.43. The Morgan fingerprint density at radius 1 is 1.11 bits per heavy atom. The molecule has 0 radical (unpaired) electrons.